The zero-order valence-electron chi connectivity index (χ0n) is 14.6. The Morgan fingerprint density at radius 3 is 2.83 bits per heavy atom. The maximum Gasteiger partial charge on any atom is 0.166 e. The number of likely N-dealkylation sites (N-methyl/N-ethyl adjacent to an activating group) is 2. The molecule has 0 aromatic carbocycles. The summed E-state index contributed by atoms with van der Waals surface area (Å²) in [5, 5.41) is 0. The molecule has 1 aromatic heterocycles. The van der Waals surface area contributed by atoms with E-state index in [0.717, 1.165) is 41.6 Å². The number of hydrogen-bond acceptors (Lipinski definition) is 5. The average Bonchev–Trinajstić information content (AvgIpc) is 2.55. The Kier molecular flexibility index (Phi) is 3.35. The molecule has 3 aliphatic rings. The van der Waals surface area contributed by atoms with Crippen molar-refractivity contribution in [2.24, 2.45) is 0 Å². The van der Waals surface area contributed by atoms with E-state index in [9.17, 15) is 4.39 Å². The van der Waals surface area contributed by atoms with Gasteiger partial charge in [-0.05, 0) is 27.0 Å². The van der Waals surface area contributed by atoms with Crippen molar-refractivity contribution in [3.05, 3.63) is 41.2 Å². The molecule has 0 N–H and O–H groups in total. The number of aromatic nitrogens is 1. The number of rotatable bonds is 0. The van der Waals surface area contributed by atoms with Gasteiger partial charge in [-0.3, -0.25) is 4.90 Å². The lowest BCUT2D eigenvalue weighted by atomic mass is 9.97. The van der Waals surface area contributed by atoms with Crippen molar-refractivity contribution in [1.29, 1.82) is 0 Å². The van der Waals surface area contributed by atoms with Gasteiger partial charge in [0.2, 0.25) is 0 Å². The van der Waals surface area contributed by atoms with Crippen LogP contribution in [0.1, 0.15) is 18.2 Å². The summed E-state index contributed by atoms with van der Waals surface area (Å²) in [7, 11) is 4.04. The van der Waals surface area contributed by atoms with Crippen LogP contribution in [0, 0.1) is 12.7 Å². The molecule has 1 fully saturated rings. The molecule has 0 aliphatic carbocycles. The fourth-order valence-electron chi connectivity index (χ4n) is 3.75. The van der Waals surface area contributed by atoms with E-state index in [1.807, 2.05) is 11.9 Å². The zero-order chi connectivity index (χ0) is 17.2. The first-order valence-corrected chi connectivity index (χ1v) is 8.33. The maximum atomic E-state index is 14.3. The first-order chi connectivity index (χ1) is 11.4. The monoisotopic (exact) mass is 330 g/mol. The highest BCUT2D eigenvalue weighted by Gasteiger charge is 2.41. The van der Waals surface area contributed by atoms with Crippen LogP contribution in [0.25, 0.3) is 5.70 Å². The Hall–Kier alpha value is -2.08. The predicted octanol–water partition coefficient (Wildman–Crippen LogP) is 2.20. The summed E-state index contributed by atoms with van der Waals surface area (Å²) in [5.74, 6) is 1.21. The van der Waals surface area contributed by atoms with Gasteiger partial charge in [-0.25, -0.2) is 9.37 Å². The molecule has 6 heteroatoms. The van der Waals surface area contributed by atoms with E-state index in [1.165, 1.54) is 0 Å². The summed E-state index contributed by atoms with van der Waals surface area (Å²) < 4.78 is 20.3. The van der Waals surface area contributed by atoms with E-state index >= 15 is 0 Å². The first-order valence-electron chi connectivity index (χ1n) is 8.33. The minimum atomic E-state index is -0.286. The van der Waals surface area contributed by atoms with Crippen LogP contribution in [0.15, 0.2) is 24.1 Å². The molecule has 5 nitrogen and oxygen atoms in total. The SMILES string of the molecule is C=C1C2=C(c3cc(F)c(C)nc3N1C)N1CC(C)N(C)CC1CO2. The Morgan fingerprint density at radius 1 is 1.33 bits per heavy atom. The molecule has 128 valence electrons. The highest BCUT2D eigenvalue weighted by Crippen LogP contribution is 2.44. The fraction of sp³-hybridized carbons (Fsp3) is 0.500. The minimum absolute atomic E-state index is 0.262. The lowest BCUT2D eigenvalue weighted by Crippen LogP contribution is -2.58. The molecule has 24 heavy (non-hydrogen) atoms. The summed E-state index contributed by atoms with van der Waals surface area (Å²) in [6, 6.07) is 2.27. The smallest absolute Gasteiger partial charge is 0.166 e. The number of hydrogen-bond donors (Lipinski definition) is 0. The lowest BCUT2D eigenvalue weighted by Gasteiger charge is -2.50. The largest absolute Gasteiger partial charge is 0.487 e. The van der Waals surface area contributed by atoms with Gasteiger partial charge in [0, 0.05) is 31.7 Å². The maximum absolute atomic E-state index is 14.3. The number of pyridine rings is 1. The normalized spacial score (nSPS) is 26.8. The van der Waals surface area contributed by atoms with Crippen LogP contribution in [0.4, 0.5) is 10.2 Å². The Labute approximate surface area is 142 Å². The average molecular weight is 330 g/mol. The van der Waals surface area contributed by atoms with Crippen LogP contribution in [0.3, 0.4) is 0 Å². The van der Waals surface area contributed by atoms with Crippen molar-refractivity contribution in [3.8, 4) is 0 Å². The molecule has 2 unspecified atom stereocenters. The fourth-order valence-corrected chi connectivity index (χ4v) is 3.75. The van der Waals surface area contributed by atoms with Gasteiger partial charge in [-0.15, -0.1) is 0 Å². The van der Waals surface area contributed by atoms with E-state index < -0.39 is 0 Å². The molecule has 1 aromatic rings. The number of fused-ring (bicyclic) bond motifs is 4. The molecule has 4 heterocycles. The van der Waals surface area contributed by atoms with Crippen molar-refractivity contribution >= 4 is 11.5 Å². The third kappa shape index (κ3) is 2.05. The number of aryl methyl sites for hydroxylation is 1. The Morgan fingerprint density at radius 2 is 2.08 bits per heavy atom. The molecular weight excluding hydrogens is 307 g/mol. The molecule has 3 aliphatic heterocycles. The summed E-state index contributed by atoms with van der Waals surface area (Å²) in [5.41, 5.74) is 2.92. The summed E-state index contributed by atoms with van der Waals surface area (Å²) in [4.78, 5) is 11.1. The predicted molar refractivity (Wildman–Crippen MR) is 91.9 cm³/mol. The van der Waals surface area contributed by atoms with Gasteiger partial charge in [0.15, 0.2) is 5.76 Å². The van der Waals surface area contributed by atoms with Crippen molar-refractivity contribution in [1.82, 2.24) is 14.8 Å². The van der Waals surface area contributed by atoms with Crippen LogP contribution in [0.5, 0.6) is 0 Å². The molecular formula is C18H23FN4O. The van der Waals surface area contributed by atoms with E-state index in [0.29, 0.717) is 18.3 Å². The second-order valence-corrected chi connectivity index (χ2v) is 7.02. The summed E-state index contributed by atoms with van der Waals surface area (Å²) in [6.07, 6.45) is 0. The van der Waals surface area contributed by atoms with Crippen LogP contribution in [0.2, 0.25) is 0 Å². The van der Waals surface area contributed by atoms with Crippen LogP contribution < -0.4 is 4.90 Å². The van der Waals surface area contributed by atoms with E-state index in [1.54, 1.807) is 13.0 Å². The van der Waals surface area contributed by atoms with Crippen LogP contribution >= 0.6 is 0 Å². The Bertz CT molecular complexity index is 760. The van der Waals surface area contributed by atoms with Gasteiger partial charge < -0.3 is 14.5 Å². The standard InChI is InChI=1S/C18H23FN4O/c1-10-7-23-13(8-21(10)4)9-24-17-12(3)22(5)18-14(16(17)23)6-15(19)11(2)20-18/h6,10,13H,3,7-9H2,1-2,4-5H3. The second kappa shape index (κ2) is 5.21. The third-order valence-corrected chi connectivity index (χ3v) is 5.45. The molecule has 2 atom stereocenters. The van der Waals surface area contributed by atoms with Crippen LogP contribution in [-0.2, 0) is 4.74 Å². The van der Waals surface area contributed by atoms with Crippen molar-refractivity contribution < 1.29 is 9.13 Å². The summed E-state index contributed by atoms with van der Waals surface area (Å²) >= 11 is 0. The highest BCUT2D eigenvalue weighted by molar-refractivity contribution is 5.83. The molecule has 1 saturated heterocycles. The van der Waals surface area contributed by atoms with Gasteiger partial charge in [0.25, 0.3) is 0 Å². The molecule has 4 rings (SSSR count). The first kappa shape index (κ1) is 15.4. The van der Waals surface area contributed by atoms with Gasteiger partial charge in [-0.2, -0.15) is 0 Å². The third-order valence-electron chi connectivity index (χ3n) is 5.45. The molecule has 0 amide bonds. The Balaban J connectivity index is 1.89. The second-order valence-electron chi connectivity index (χ2n) is 7.02. The van der Waals surface area contributed by atoms with Crippen molar-refractivity contribution in [3.63, 3.8) is 0 Å². The van der Waals surface area contributed by atoms with Gasteiger partial charge in [0.05, 0.1) is 23.1 Å². The van der Waals surface area contributed by atoms with E-state index in [-0.39, 0.29) is 11.9 Å². The minimum Gasteiger partial charge on any atom is -0.487 e. The van der Waals surface area contributed by atoms with Gasteiger partial charge in [0.1, 0.15) is 18.2 Å². The quantitative estimate of drug-likeness (QED) is 0.728. The molecule has 0 bridgehead atoms. The van der Waals surface area contributed by atoms with Crippen LogP contribution in [-0.4, -0.2) is 60.7 Å². The highest BCUT2D eigenvalue weighted by atomic mass is 19.1. The number of halogens is 1. The van der Waals surface area contributed by atoms with Gasteiger partial charge >= 0.3 is 0 Å². The van der Waals surface area contributed by atoms with Crippen molar-refractivity contribution in [2.75, 3.05) is 38.7 Å². The van der Waals surface area contributed by atoms with Gasteiger partial charge in [-0.1, -0.05) is 6.58 Å². The topological polar surface area (TPSA) is 31.8 Å². The molecule has 0 spiro atoms. The number of nitrogens with zero attached hydrogens (tertiary/aromatic N) is 4. The number of anilines is 1. The van der Waals surface area contributed by atoms with E-state index in [2.05, 4.69) is 35.3 Å². The number of ether oxygens (including phenoxy) is 1. The lowest BCUT2D eigenvalue weighted by molar-refractivity contribution is 0.0281. The molecule has 0 radical (unpaired) electrons. The van der Waals surface area contributed by atoms with E-state index in [4.69, 9.17) is 4.74 Å². The van der Waals surface area contributed by atoms with Crippen molar-refractivity contribution in [2.45, 2.75) is 25.9 Å². The molecule has 0 saturated carbocycles. The zero-order valence-corrected chi connectivity index (χ0v) is 14.6. The summed E-state index contributed by atoms with van der Waals surface area (Å²) in [6.45, 7) is 10.5. The number of piperazine rings is 1.